The van der Waals surface area contributed by atoms with Gasteiger partial charge >= 0.3 is 5.97 Å². The molecule has 6 heteroatoms. The normalized spacial score (nSPS) is 19.2. The van der Waals surface area contributed by atoms with E-state index < -0.39 is 5.97 Å². The lowest BCUT2D eigenvalue weighted by atomic mass is 10.1. The van der Waals surface area contributed by atoms with Crippen LogP contribution in [0.25, 0.3) is 0 Å². The van der Waals surface area contributed by atoms with Crippen molar-refractivity contribution in [1.29, 1.82) is 0 Å². The first-order chi connectivity index (χ1) is 8.74. The van der Waals surface area contributed by atoms with Gasteiger partial charge in [-0.25, -0.2) is 0 Å². The Labute approximate surface area is 106 Å². The first-order valence-corrected chi connectivity index (χ1v) is 6.46. The zero-order chi connectivity index (χ0) is 12.8. The van der Waals surface area contributed by atoms with Crippen molar-refractivity contribution < 1.29 is 14.6 Å². The van der Waals surface area contributed by atoms with E-state index in [1.165, 1.54) is 12.8 Å². The molecule has 0 aliphatic carbocycles. The van der Waals surface area contributed by atoms with Crippen LogP contribution < -0.4 is 0 Å². The second-order valence-electron chi connectivity index (χ2n) is 4.64. The highest BCUT2D eigenvalue weighted by molar-refractivity contribution is 5.66. The van der Waals surface area contributed by atoms with Crippen molar-refractivity contribution in [2.75, 3.05) is 6.61 Å². The molecule has 0 spiro atoms. The smallest absolute Gasteiger partial charge is 0.303 e. The molecule has 6 nitrogen and oxygen atoms in total. The van der Waals surface area contributed by atoms with E-state index in [1.807, 2.05) is 6.20 Å². The van der Waals surface area contributed by atoms with Crippen LogP contribution in [0.2, 0.25) is 0 Å². The Morgan fingerprint density at radius 1 is 1.61 bits per heavy atom. The van der Waals surface area contributed by atoms with E-state index in [-0.39, 0.29) is 6.42 Å². The van der Waals surface area contributed by atoms with Crippen molar-refractivity contribution in [3.05, 3.63) is 11.9 Å². The van der Waals surface area contributed by atoms with Gasteiger partial charge in [0.15, 0.2) is 0 Å². The SMILES string of the molecule is O=C(O)CCc1cn(CCCC2CCCO2)nn1. The number of carbonyl (C=O) groups is 1. The number of aliphatic carboxylic acids is 1. The predicted octanol–water partition coefficient (Wildman–Crippen LogP) is 1.25. The lowest BCUT2D eigenvalue weighted by molar-refractivity contribution is -0.136. The molecule has 2 rings (SSSR count). The third-order valence-electron chi connectivity index (χ3n) is 3.12. The maximum Gasteiger partial charge on any atom is 0.303 e. The maximum atomic E-state index is 10.4. The molecule has 1 saturated heterocycles. The largest absolute Gasteiger partial charge is 0.481 e. The summed E-state index contributed by atoms with van der Waals surface area (Å²) < 4.78 is 7.33. The highest BCUT2D eigenvalue weighted by Gasteiger charge is 2.14. The van der Waals surface area contributed by atoms with Gasteiger partial charge < -0.3 is 9.84 Å². The average molecular weight is 253 g/mol. The molecule has 0 saturated carbocycles. The van der Waals surface area contributed by atoms with Gasteiger partial charge in [-0.2, -0.15) is 0 Å². The third kappa shape index (κ3) is 4.10. The molecule has 1 aliphatic heterocycles. The van der Waals surface area contributed by atoms with Crippen LogP contribution in [-0.4, -0.2) is 38.8 Å². The van der Waals surface area contributed by atoms with Crippen LogP contribution in [0.1, 0.15) is 37.8 Å². The van der Waals surface area contributed by atoms with E-state index >= 15 is 0 Å². The van der Waals surface area contributed by atoms with Crippen LogP contribution in [0, 0.1) is 0 Å². The molecule has 1 atom stereocenters. The van der Waals surface area contributed by atoms with Gasteiger partial charge in [-0.15, -0.1) is 5.10 Å². The fourth-order valence-corrected chi connectivity index (χ4v) is 2.15. The van der Waals surface area contributed by atoms with E-state index in [0.717, 1.165) is 31.7 Å². The molecule has 1 aromatic rings. The molecule has 0 bridgehead atoms. The number of aromatic nitrogens is 3. The van der Waals surface area contributed by atoms with Crippen LogP contribution in [-0.2, 0) is 22.5 Å². The van der Waals surface area contributed by atoms with Gasteiger partial charge in [0.05, 0.1) is 18.2 Å². The third-order valence-corrected chi connectivity index (χ3v) is 3.12. The molecule has 1 unspecified atom stereocenters. The van der Waals surface area contributed by atoms with Crippen LogP contribution in [0.3, 0.4) is 0 Å². The van der Waals surface area contributed by atoms with E-state index in [2.05, 4.69) is 10.3 Å². The molecule has 1 aliphatic rings. The Morgan fingerprint density at radius 3 is 3.22 bits per heavy atom. The zero-order valence-corrected chi connectivity index (χ0v) is 10.4. The number of aryl methyl sites for hydroxylation is 2. The lowest BCUT2D eigenvalue weighted by Crippen LogP contribution is -2.07. The second kappa shape index (κ2) is 6.49. The van der Waals surface area contributed by atoms with Crippen LogP contribution >= 0.6 is 0 Å². The number of hydrogen-bond acceptors (Lipinski definition) is 4. The monoisotopic (exact) mass is 253 g/mol. The fraction of sp³-hybridized carbons (Fsp3) is 0.750. The van der Waals surface area contributed by atoms with Gasteiger partial charge in [-0.1, -0.05) is 5.21 Å². The molecule has 1 aromatic heterocycles. The number of carboxylic acid groups (broad SMARTS) is 1. The minimum atomic E-state index is -0.803. The minimum Gasteiger partial charge on any atom is -0.481 e. The number of ether oxygens (including phenoxy) is 1. The summed E-state index contributed by atoms with van der Waals surface area (Å²) in [5.41, 5.74) is 0.745. The van der Waals surface area contributed by atoms with Crippen molar-refractivity contribution in [3.63, 3.8) is 0 Å². The molecular formula is C12H19N3O3. The molecule has 2 heterocycles. The Balaban J connectivity index is 1.67. The Morgan fingerprint density at radius 2 is 2.50 bits per heavy atom. The van der Waals surface area contributed by atoms with E-state index in [0.29, 0.717) is 12.5 Å². The standard InChI is InChI=1S/C12H19N3O3/c16-12(17)6-5-10-9-15(14-13-10)7-1-3-11-4-2-8-18-11/h9,11H,1-8H2,(H,16,17). The zero-order valence-electron chi connectivity index (χ0n) is 10.4. The quantitative estimate of drug-likeness (QED) is 0.791. The van der Waals surface area contributed by atoms with Crippen LogP contribution in [0.5, 0.6) is 0 Å². The van der Waals surface area contributed by atoms with Gasteiger partial charge in [-0.05, 0) is 25.7 Å². The summed E-state index contributed by atoms with van der Waals surface area (Å²) >= 11 is 0. The first kappa shape index (κ1) is 13.0. The van der Waals surface area contributed by atoms with Gasteiger partial charge in [0, 0.05) is 25.8 Å². The summed E-state index contributed by atoms with van der Waals surface area (Å²) in [5, 5.41) is 16.5. The highest BCUT2D eigenvalue weighted by atomic mass is 16.5. The minimum absolute atomic E-state index is 0.106. The first-order valence-electron chi connectivity index (χ1n) is 6.46. The fourth-order valence-electron chi connectivity index (χ4n) is 2.15. The Kier molecular flexibility index (Phi) is 4.69. The molecule has 0 aromatic carbocycles. The molecule has 18 heavy (non-hydrogen) atoms. The lowest BCUT2D eigenvalue weighted by Gasteiger charge is -2.07. The Bertz CT molecular complexity index is 386. The molecular weight excluding hydrogens is 234 g/mol. The number of rotatable bonds is 7. The van der Waals surface area contributed by atoms with E-state index in [4.69, 9.17) is 9.84 Å². The summed E-state index contributed by atoms with van der Waals surface area (Å²) in [5.74, 6) is -0.803. The maximum absolute atomic E-state index is 10.4. The van der Waals surface area contributed by atoms with Gasteiger partial charge in [0.1, 0.15) is 0 Å². The van der Waals surface area contributed by atoms with Crippen molar-refractivity contribution in [2.45, 2.75) is 51.2 Å². The predicted molar refractivity (Wildman–Crippen MR) is 64.2 cm³/mol. The summed E-state index contributed by atoms with van der Waals surface area (Å²) in [6, 6.07) is 0. The van der Waals surface area contributed by atoms with Gasteiger partial charge in [0.2, 0.25) is 0 Å². The number of carboxylic acids is 1. The summed E-state index contributed by atoms with van der Waals surface area (Å²) in [6.45, 7) is 1.72. The number of nitrogens with zero attached hydrogens (tertiary/aromatic N) is 3. The van der Waals surface area contributed by atoms with Crippen molar-refractivity contribution in [3.8, 4) is 0 Å². The van der Waals surface area contributed by atoms with E-state index in [1.54, 1.807) is 4.68 Å². The Hall–Kier alpha value is -1.43. The highest BCUT2D eigenvalue weighted by Crippen LogP contribution is 2.17. The van der Waals surface area contributed by atoms with Gasteiger partial charge in [-0.3, -0.25) is 9.48 Å². The molecule has 1 fully saturated rings. The van der Waals surface area contributed by atoms with Gasteiger partial charge in [0.25, 0.3) is 0 Å². The second-order valence-corrected chi connectivity index (χ2v) is 4.64. The average Bonchev–Trinajstić information content (AvgIpc) is 2.97. The summed E-state index contributed by atoms with van der Waals surface area (Å²) in [4.78, 5) is 10.4. The van der Waals surface area contributed by atoms with Crippen molar-refractivity contribution in [2.24, 2.45) is 0 Å². The molecule has 100 valence electrons. The molecule has 0 radical (unpaired) electrons. The van der Waals surface area contributed by atoms with E-state index in [9.17, 15) is 4.79 Å². The summed E-state index contributed by atoms with van der Waals surface area (Å²) in [7, 11) is 0. The number of hydrogen-bond donors (Lipinski definition) is 1. The van der Waals surface area contributed by atoms with Crippen LogP contribution in [0.15, 0.2) is 6.20 Å². The summed E-state index contributed by atoms with van der Waals surface area (Å²) in [6.07, 6.45) is 7.22. The van der Waals surface area contributed by atoms with Crippen molar-refractivity contribution >= 4 is 5.97 Å². The van der Waals surface area contributed by atoms with Crippen molar-refractivity contribution in [1.82, 2.24) is 15.0 Å². The topological polar surface area (TPSA) is 77.2 Å². The van der Waals surface area contributed by atoms with Crippen LogP contribution in [0.4, 0.5) is 0 Å². The molecule has 1 N–H and O–H groups in total. The molecule has 0 amide bonds.